The molecule has 0 fully saturated rings. The number of hydrogen-bond acceptors (Lipinski definition) is 0. The van der Waals surface area contributed by atoms with Gasteiger partial charge < -0.3 is 9.13 Å². The van der Waals surface area contributed by atoms with E-state index in [-0.39, 0.29) is 6.71 Å². The van der Waals surface area contributed by atoms with Crippen molar-refractivity contribution in [3.8, 4) is 33.6 Å². The van der Waals surface area contributed by atoms with Crippen LogP contribution in [0.4, 0.5) is 0 Å². The van der Waals surface area contributed by atoms with Crippen molar-refractivity contribution >= 4 is 77.5 Å². The fraction of sp³-hybridized carbons (Fsp3) is 0.0370. The molecule has 0 N–H and O–H groups in total. The highest BCUT2D eigenvalue weighted by Gasteiger charge is 2.54. The molecule has 0 atom stereocenters. The number of fused-ring (bicyclic) bond motifs is 15. The van der Waals surface area contributed by atoms with Crippen molar-refractivity contribution in [1.29, 1.82) is 0 Å². The maximum atomic E-state index is 2.71. The Balaban J connectivity index is 1.28. The highest BCUT2D eigenvalue weighted by molar-refractivity contribution is 7.00. The molecule has 4 aliphatic rings. The zero-order valence-electron chi connectivity index (χ0n) is 31.1. The van der Waals surface area contributed by atoms with E-state index in [2.05, 4.69) is 186 Å². The van der Waals surface area contributed by atoms with Crippen LogP contribution in [0.2, 0.25) is 0 Å². The first-order chi connectivity index (χ1) is 28.2. The summed E-state index contributed by atoms with van der Waals surface area (Å²) in [4.78, 5) is 0. The predicted octanol–water partition coefficient (Wildman–Crippen LogP) is 10.8. The molecular weight excluding hydrogens is 687 g/mol. The number of para-hydroxylation sites is 4. The second-order valence-electron chi connectivity index (χ2n) is 16.7. The topological polar surface area (TPSA) is 9.86 Å². The summed E-state index contributed by atoms with van der Waals surface area (Å²) in [6.45, 7) is 2.30. The van der Waals surface area contributed by atoms with E-state index in [0.717, 1.165) is 0 Å². The van der Waals surface area contributed by atoms with E-state index in [1.54, 1.807) is 0 Å². The van der Waals surface area contributed by atoms with Gasteiger partial charge in [0.1, 0.15) is 0 Å². The maximum Gasteiger partial charge on any atom is 0.252 e. The first-order valence-corrected chi connectivity index (χ1v) is 20.2. The second kappa shape index (κ2) is 9.64. The van der Waals surface area contributed by atoms with Crippen LogP contribution in [0, 0.1) is 6.92 Å². The number of benzene rings is 9. The number of aryl methyl sites for hydroxylation is 1. The first kappa shape index (κ1) is 29.2. The Bertz CT molecular complexity index is 3680. The van der Waals surface area contributed by atoms with E-state index in [1.165, 1.54) is 132 Å². The lowest BCUT2D eigenvalue weighted by atomic mass is 9.33. The third-order valence-electron chi connectivity index (χ3n) is 14.4. The summed E-state index contributed by atoms with van der Waals surface area (Å²) in [5.41, 5.74) is 23.7. The van der Waals surface area contributed by atoms with Gasteiger partial charge in [0.2, 0.25) is 0 Å². The van der Waals surface area contributed by atoms with E-state index in [4.69, 9.17) is 0 Å². The van der Waals surface area contributed by atoms with Gasteiger partial charge in [-0.25, -0.2) is 0 Å². The fourth-order valence-electron chi connectivity index (χ4n) is 12.5. The van der Waals surface area contributed by atoms with Crippen LogP contribution in [0.5, 0.6) is 0 Å². The van der Waals surface area contributed by atoms with Crippen molar-refractivity contribution in [1.82, 2.24) is 9.13 Å². The highest BCUT2D eigenvalue weighted by atomic mass is 15.1. The molecular formula is C54H31BN2. The van der Waals surface area contributed by atoms with E-state index in [9.17, 15) is 0 Å². The molecule has 0 saturated heterocycles. The van der Waals surface area contributed by atoms with E-state index in [0.29, 0.717) is 0 Å². The summed E-state index contributed by atoms with van der Waals surface area (Å²) >= 11 is 0. The van der Waals surface area contributed by atoms with Crippen molar-refractivity contribution < 1.29 is 0 Å². The molecule has 0 radical (unpaired) electrons. The summed E-state index contributed by atoms with van der Waals surface area (Å²) in [5.74, 6) is 0. The molecule has 1 spiro atoms. The lowest BCUT2D eigenvalue weighted by molar-refractivity contribution is 0.749. The Morgan fingerprint density at radius 1 is 0.386 bits per heavy atom. The molecule has 11 aromatic rings. The molecule has 1 aliphatic carbocycles. The van der Waals surface area contributed by atoms with E-state index in [1.807, 2.05) is 0 Å². The Morgan fingerprint density at radius 3 is 1.72 bits per heavy atom. The Labute approximate surface area is 328 Å². The lowest BCUT2D eigenvalue weighted by Crippen LogP contribution is -2.60. The number of nitrogens with zero attached hydrogens (tertiary/aromatic N) is 2. The number of aromatic nitrogens is 2. The summed E-state index contributed by atoms with van der Waals surface area (Å²) in [7, 11) is 0. The monoisotopic (exact) mass is 718 g/mol. The van der Waals surface area contributed by atoms with Crippen LogP contribution in [0.25, 0.3) is 88.0 Å². The van der Waals surface area contributed by atoms with Crippen LogP contribution < -0.4 is 16.4 Å². The molecule has 0 bridgehead atoms. The summed E-state index contributed by atoms with van der Waals surface area (Å²) in [5, 5.41) is 7.90. The molecule has 3 aliphatic heterocycles. The average molecular weight is 719 g/mol. The number of rotatable bonds is 1. The van der Waals surface area contributed by atoms with Gasteiger partial charge in [0.25, 0.3) is 6.71 Å². The van der Waals surface area contributed by atoms with Gasteiger partial charge in [0.15, 0.2) is 0 Å². The minimum atomic E-state index is -0.524. The predicted molar refractivity (Wildman–Crippen MR) is 238 cm³/mol. The van der Waals surface area contributed by atoms with Gasteiger partial charge in [-0.3, -0.25) is 0 Å². The summed E-state index contributed by atoms with van der Waals surface area (Å²) in [6.07, 6.45) is 0. The SMILES string of the molecule is Cc1cccc2c(-c3cc4c5c6c3-n3c7ccccc7c7cccc(c73)B6c3cccc6c7cccc(c7n-5c36)C43c4ccccc4-c4ccccc43)cccc12. The number of hydrogen-bond donors (Lipinski definition) is 0. The largest absolute Gasteiger partial charge is 0.310 e. The third-order valence-corrected chi connectivity index (χ3v) is 14.4. The molecule has 3 heteroatoms. The fourth-order valence-corrected chi connectivity index (χ4v) is 12.5. The van der Waals surface area contributed by atoms with Gasteiger partial charge >= 0.3 is 0 Å². The minimum Gasteiger partial charge on any atom is -0.310 e. The van der Waals surface area contributed by atoms with Crippen molar-refractivity contribution in [2.45, 2.75) is 12.3 Å². The van der Waals surface area contributed by atoms with Crippen LogP contribution in [0.15, 0.2) is 170 Å². The third kappa shape index (κ3) is 3.05. The summed E-state index contributed by atoms with van der Waals surface area (Å²) in [6, 6.07) is 65.3. The van der Waals surface area contributed by atoms with E-state index < -0.39 is 5.41 Å². The molecule has 260 valence electrons. The van der Waals surface area contributed by atoms with Gasteiger partial charge in [-0.15, -0.1) is 0 Å². The van der Waals surface area contributed by atoms with Crippen LogP contribution in [0.3, 0.4) is 0 Å². The van der Waals surface area contributed by atoms with Crippen molar-refractivity contribution in [2.75, 3.05) is 0 Å². The molecule has 2 aromatic heterocycles. The van der Waals surface area contributed by atoms with Gasteiger partial charge in [0, 0.05) is 43.8 Å². The normalized spacial score (nSPS) is 14.5. The minimum absolute atomic E-state index is 0.0527. The van der Waals surface area contributed by atoms with Crippen molar-refractivity contribution in [3.63, 3.8) is 0 Å². The molecule has 0 unspecified atom stereocenters. The average Bonchev–Trinajstić information content (AvgIpc) is 3.89. The van der Waals surface area contributed by atoms with Gasteiger partial charge in [-0.05, 0) is 90.7 Å². The Hall–Kier alpha value is -7.10. The van der Waals surface area contributed by atoms with Crippen molar-refractivity contribution in [2.24, 2.45) is 0 Å². The molecule has 5 heterocycles. The van der Waals surface area contributed by atoms with E-state index >= 15 is 0 Å². The zero-order chi connectivity index (χ0) is 36.9. The molecule has 57 heavy (non-hydrogen) atoms. The van der Waals surface area contributed by atoms with Gasteiger partial charge in [0.05, 0.1) is 22.1 Å². The second-order valence-corrected chi connectivity index (χ2v) is 16.7. The van der Waals surface area contributed by atoms with Crippen LogP contribution >= 0.6 is 0 Å². The highest BCUT2D eigenvalue weighted by Crippen LogP contribution is 2.62. The summed E-state index contributed by atoms with van der Waals surface area (Å²) < 4.78 is 5.37. The van der Waals surface area contributed by atoms with Crippen LogP contribution in [-0.2, 0) is 5.41 Å². The smallest absolute Gasteiger partial charge is 0.252 e. The Morgan fingerprint density at radius 2 is 0.930 bits per heavy atom. The molecule has 15 rings (SSSR count). The van der Waals surface area contributed by atoms with Crippen molar-refractivity contribution in [3.05, 3.63) is 198 Å². The van der Waals surface area contributed by atoms with Crippen LogP contribution in [-0.4, -0.2) is 15.8 Å². The zero-order valence-corrected chi connectivity index (χ0v) is 31.1. The van der Waals surface area contributed by atoms with Crippen LogP contribution in [0.1, 0.15) is 27.8 Å². The maximum absolute atomic E-state index is 2.71. The lowest BCUT2D eigenvalue weighted by Gasteiger charge is -2.44. The van der Waals surface area contributed by atoms with Gasteiger partial charge in [-0.1, -0.05) is 158 Å². The molecule has 9 aromatic carbocycles. The molecule has 0 saturated carbocycles. The standard InChI is InChI=1S/C54H31BN2/c1-30-13-8-18-32-31(30)17-9-19-33(32)40-29-44-53-48-52(40)56-47-28-7-4-16-36(47)37-21-11-26-45(50(37)56)55(48)46-27-12-22-39-38-20-10-25-43(49(38)57(53)51(39)46)54(44)41-23-5-2-14-34(41)35-15-3-6-24-42(35)54/h2-29H,1H3. The Kier molecular flexibility index (Phi) is 4.94. The molecule has 0 amide bonds. The first-order valence-electron chi connectivity index (χ1n) is 20.2. The quantitative estimate of drug-likeness (QED) is 0.150. The van der Waals surface area contributed by atoms with Gasteiger partial charge in [-0.2, -0.15) is 0 Å². The molecule has 2 nitrogen and oxygen atoms in total.